The van der Waals surface area contributed by atoms with Gasteiger partial charge in [-0.3, -0.25) is 4.68 Å². The third kappa shape index (κ3) is 2.09. The smallest absolute Gasteiger partial charge is 0.130 e. The van der Waals surface area contributed by atoms with Crippen molar-refractivity contribution in [3.8, 4) is 0 Å². The van der Waals surface area contributed by atoms with Gasteiger partial charge in [0.1, 0.15) is 10.4 Å². The van der Waals surface area contributed by atoms with E-state index in [9.17, 15) is 0 Å². The zero-order chi connectivity index (χ0) is 9.97. The molecule has 78 valence electrons. The van der Waals surface area contributed by atoms with E-state index in [1.165, 1.54) is 0 Å². The highest BCUT2D eigenvalue weighted by Crippen LogP contribution is 2.19. The number of halogens is 1. The second-order valence-corrected chi connectivity index (χ2v) is 4.21. The van der Waals surface area contributed by atoms with Crippen LogP contribution in [0, 0.1) is 0 Å². The summed E-state index contributed by atoms with van der Waals surface area (Å²) < 4.78 is 8.20. The number of ether oxygens (including phenoxy) is 1. The van der Waals surface area contributed by atoms with Gasteiger partial charge in [0.15, 0.2) is 0 Å². The monoisotopic (exact) mass is 259 g/mol. The van der Waals surface area contributed by atoms with Crippen LogP contribution in [-0.4, -0.2) is 36.1 Å². The summed E-state index contributed by atoms with van der Waals surface area (Å²) in [5.74, 6) is 1.15. The van der Waals surface area contributed by atoms with Crippen molar-refractivity contribution >= 4 is 21.7 Å². The lowest BCUT2D eigenvalue weighted by molar-refractivity contribution is 0.152. The maximum absolute atomic E-state index is 5.41. The number of nitrogens with zero attached hydrogens (tertiary/aromatic N) is 3. The van der Waals surface area contributed by atoms with Crippen molar-refractivity contribution in [2.45, 2.75) is 6.42 Å². The molecule has 1 aromatic rings. The number of hydrogen-bond donors (Lipinski definition) is 0. The molecule has 0 amide bonds. The van der Waals surface area contributed by atoms with Gasteiger partial charge in [-0.05, 0) is 22.4 Å². The van der Waals surface area contributed by atoms with Gasteiger partial charge in [0.05, 0.1) is 6.61 Å². The molecule has 1 fully saturated rings. The molecule has 5 heteroatoms. The first-order valence-electron chi connectivity index (χ1n) is 4.79. The lowest BCUT2D eigenvalue weighted by Crippen LogP contribution is -2.27. The summed E-state index contributed by atoms with van der Waals surface area (Å²) in [7, 11) is 1.96. The van der Waals surface area contributed by atoms with Crippen LogP contribution in [-0.2, 0) is 11.8 Å². The van der Waals surface area contributed by atoms with Gasteiger partial charge in [-0.1, -0.05) is 0 Å². The van der Waals surface area contributed by atoms with Gasteiger partial charge in [0, 0.05) is 32.8 Å². The van der Waals surface area contributed by atoms with E-state index < -0.39 is 0 Å². The van der Waals surface area contributed by atoms with Crippen molar-refractivity contribution in [2.75, 3.05) is 31.2 Å². The largest absolute Gasteiger partial charge is 0.380 e. The van der Waals surface area contributed by atoms with E-state index in [1.807, 2.05) is 17.8 Å². The van der Waals surface area contributed by atoms with Crippen LogP contribution in [0.15, 0.2) is 10.7 Å². The number of anilines is 1. The third-order valence-corrected chi connectivity index (χ3v) is 2.76. The number of rotatable bonds is 1. The SMILES string of the molecule is Cn1nc(Br)cc1N1CCCOCC1. The molecule has 0 N–H and O–H groups in total. The zero-order valence-corrected chi connectivity index (χ0v) is 9.83. The molecule has 0 spiro atoms. The van der Waals surface area contributed by atoms with Crippen molar-refractivity contribution in [3.63, 3.8) is 0 Å². The highest BCUT2D eigenvalue weighted by molar-refractivity contribution is 9.10. The molecule has 2 rings (SSSR count). The van der Waals surface area contributed by atoms with Crippen LogP contribution < -0.4 is 4.90 Å². The first-order valence-corrected chi connectivity index (χ1v) is 5.59. The third-order valence-electron chi connectivity index (χ3n) is 2.37. The van der Waals surface area contributed by atoms with Crippen LogP contribution in [0.3, 0.4) is 0 Å². The fraction of sp³-hybridized carbons (Fsp3) is 0.667. The van der Waals surface area contributed by atoms with E-state index in [0.717, 1.165) is 43.1 Å². The molecule has 0 unspecified atom stereocenters. The van der Waals surface area contributed by atoms with Gasteiger partial charge in [-0.2, -0.15) is 5.10 Å². The molecule has 1 aliphatic heterocycles. The predicted octanol–water partition coefficient (Wildman–Crippen LogP) is 1.41. The molecule has 4 nitrogen and oxygen atoms in total. The average Bonchev–Trinajstić information content (AvgIpc) is 2.43. The van der Waals surface area contributed by atoms with Crippen LogP contribution in [0.4, 0.5) is 5.82 Å². The van der Waals surface area contributed by atoms with Crippen LogP contribution in [0.1, 0.15) is 6.42 Å². The van der Waals surface area contributed by atoms with E-state index in [0.29, 0.717) is 0 Å². The second kappa shape index (κ2) is 4.31. The van der Waals surface area contributed by atoms with Gasteiger partial charge in [0.2, 0.25) is 0 Å². The number of aromatic nitrogens is 2. The zero-order valence-electron chi connectivity index (χ0n) is 8.24. The second-order valence-electron chi connectivity index (χ2n) is 3.40. The Morgan fingerprint density at radius 2 is 2.29 bits per heavy atom. The topological polar surface area (TPSA) is 30.3 Å². The van der Waals surface area contributed by atoms with Crippen LogP contribution in [0.2, 0.25) is 0 Å². The van der Waals surface area contributed by atoms with E-state index in [4.69, 9.17) is 4.74 Å². The molecule has 0 aliphatic carbocycles. The Morgan fingerprint density at radius 3 is 3.00 bits per heavy atom. The molecule has 1 aromatic heterocycles. The molecule has 1 aliphatic rings. The summed E-state index contributed by atoms with van der Waals surface area (Å²) in [6, 6.07) is 2.05. The molecule has 2 heterocycles. The first kappa shape index (κ1) is 9.98. The number of hydrogen-bond acceptors (Lipinski definition) is 3. The lowest BCUT2D eigenvalue weighted by atomic mass is 10.4. The molecule has 14 heavy (non-hydrogen) atoms. The van der Waals surface area contributed by atoms with Crippen molar-refractivity contribution < 1.29 is 4.74 Å². The van der Waals surface area contributed by atoms with E-state index in [1.54, 1.807) is 0 Å². The van der Waals surface area contributed by atoms with E-state index >= 15 is 0 Å². The Kier molecular flexibility index (Phi) is 3.08. The van der Waals surface area contributed by atoms with Crippen molar-refractivity contribution in [1.29, 1.82) is 0 Å². The molecule has 0 atom stereocenters. The Morgan fingerprint density at radius 1 is 1.43 bits per heavy atom. The van der Waals surface area contributed by atoms with Gasteiger partial charge < -0.3 is 9.64 Å². The normalized spacial score (nSPS) is 18.3. The molecular weight excluding hydrogens is 246 g/mol. The molecular formula is C9H14BrN3O. The fourth-order valence-corrected chi connectivity index (χ4v) is 2.14. The van der Waals surface area contributed by atoms with E-state index in [2.05, 4.69) is 25.9 Å². The maximum atomic E-state index is 5.41. The predicted molar refractivity (Wildman–Crippen MR) is 58.6 cm³/mol. The Labute approximate surface area is 92.0 Å². The highest BCUT2D eigenvalue weighted by atomic mass is 79.9. The van der Waals surface area contributed by atoms with Crippen LogP contribution >= 0.6 is 15.9 Å². The van der Waals surface area contributed by atoms with Gasteiger partial charge >= 0.3 is 0 Å². The van der Waals surface area contributed by atoms with Crippen LogP contribution in [0.25, 0.3) is 0 Å². The van der Waals surface area contributed by atoms with Crippen molar-refractivity contribution in [2.24, 2.45) is 7.05 Å². The summed E-state index contributed by atoms with van der Waals surface area (Å²) in [5, 5.41) is 4.27. The Balaban J connectivity index is 2.15. The summed E-state index contributed by atoms with van der Waals surface area (Å²) in [4.78, 5) is 2.31. The molecule has 0 radical (unpaired) electrons. The Bertz CT molecular complexity index is 305. The highest BCUT2D eigenvalue weighted by Gasteiger charge is 2.13. The summed E-state index contributed by atoms with van der Waals surface area (Å²) in [6.45, 7) is 3.68. The van der Waals surface area contributed by atoms with Crippen molar-refractivity contribution in [1.82, 2.24) is 9.78 Å². The molecule has 0 saturated carbocycles. The minimum Gasteiger partial charge on any atom is -0.380 e. The van der Waals surface area contributed by atoms with Crippen LogP contribution in [0.5, 0.6) is 0 Å². The molecule has 0 bridgehead atoms. The van der Waals surface area contributed by atoms with Gasteiger partial charge in [0.25, 0.3) is 0 Å². The minimum atomic E-state index is 0.808. The minimum absolute atomic E-state index is 0.808. The first-order chi connectivity index (χ1) is 6.77. The standard InChI is InChI=1S/C9H14BrN3O/c1-12-9(7-8(10)11-12)13-3-2-5-14-6-4-13/h7H,2-6H2,1H3. The number of aryl methyl sites for hydroxylation is 1. The summed E-state index contributed by atoms with van der Waals surface area (Å²) in [6.07, 6.45) is 1.09. The quantitative estimate of drug-likeness (QED) is 0.764. The fourth-order valence-electron chi connectivity index (χ4n) is 1.69. The van der Waals surface area contributed by atoms with Gasteiger partial charge in [-0.25, -0.2) is 0 Å². The van der Waals surface area contributed by atoms with Gasteiger partial charge in [-0.15, -0.1) is 0 Å². The molecule has 0 aromatic carbocycles. The maximum Gasteiger partial charge on any atom is 0.130 e. The van der Waals surface area contributed by atoms with Crippen molar-refractivity contribution in [3.05, 3.63) is 10.7 Å². The summed E-state index contributed by atoms with van der Waals surface area (Å²) >= 11 is 3.38. The van der Waals surface area contributed by atoms with E-state index in [-0.39, 0.29) is 0 Å². The Hall–Kier alpha value is -0.550. The molecule has 1 saturated heterocycles. The average molecular weight is 260 g/mol. The lowest BCUT2D eigenvalue weighted by Gasteiger charge is -2.20. The summed E-state index contributed by atoms with van der Waals surface area (Å²) in [5.41, 5.74) is 0.